The van der Waals surface area contributed by atoms with E-state index in [-0.39, 0.29) is 36.2 Å². The lowest BCUT2D eigenvalue weighted by atomic mass is 10.1. The van der Waals surface area contributed by atoms with Crippen LogP contribution >= 0.6 is 0 Å². The van der Waals surface area contributed by atoms with E-state index in [1.165, 1.54) is 22.8 Å². The van der Waals surface area contributed by atoms with Crippen molar-refractivity contribution in [2.45, 2.75) is 32.4 Å². The number of carbonyl (C=O) groups excluding carboxylic acids is 1. The van der Waals surface area contributed by atoms with Crippen molar-refractivity contribution in [3.05, 3.63) is 63.1 Å². The van der Waals surface area contributed by atoms with E-state index in [9.17, 15) is 19.7 Å². The normalized spacial score (nSPS) is 15.2. The summed E-state index contributed by atoms with van der Waals surface area (Å²) in [6.45, 7) is 4.38. The largest absolute Gasteiger partial charge is 0.485 e. The van der Waals surface area contributed by atoms with Crippen LogP contribution in [0.5, 0.6) is 5.75 Å². The Hall–Kier alpha value is -3.82. The third kappa shape index (κ3) is 4.69. The number of carbonyl (C=O) groups is 1. The van der Waals surface area contributed by atoms with Crippen LogP contribution in [0.4, 0.5) is 11.4 Å². The van der Waals surface area contributed by atoms with Gasteiger partial charge in [0.1, 0.15) is 11.9 Å². The fourth-order valence-corrected chi connectivity index (χ4v) is 4.14. The number of nitrogens with zero attached hydrogens (tertiary/aromatic N) is 4. The topological polar surface area (TPSA) is 111 Å². The summed E-state index contributed by atoms with van der Waals surface area (Å²) in [5.74, 6) is 0.181. The molecule has 0 radical (unpaired) electrons. The van der Waals surface area contributed by atoms with Crippen molar-refractivity contribution in [2.24, 2.45) is 0 Å². The number of anilines is 1. The van der Waals surface area contributed by atoms with Gasteiger partial charge in [-0.1, -0.05) is 12.1 Å². The number of ether oxygens (including phenoxy) is 1. The minimum Gasteiger partial charge on any atom is -0.485 e. The number of nitro groups is 1. The summed E-state index contributed by atoms with van der Waals surface area (Å²) in [5.41, 5.74) is 1.55. The average molecular weight is 454 g/mol. The molecule has 0 saturated heterocycles. The molecule has 1 aliphatic heterocycles. The second kappa shape index (κ2) is 9.35. The highest BCUT2D eigenvalue weighted by molar-refractivity contribution is 5.77. The van der Waals surface area contributed by atoms with E-state index in [2.05, 4.69) is 11.8 Å². The number of non-ortho nitro benzene ring substituents is 1. The number of para-hydroxylation sites is 2. The van der Waals surface area contributed by atoms with E-state index in [1.54, 1.807) is 11.9 Å². The number of fused-ring (bicyclic) bond motifs is 2. The predicted molar refractivity (Wildman–Crippen MR) is 123 cm³/mol. The number of rotatable bonds is 8. The Bertz CT molecular complexity index is 1230. The van der Waals surface area contributed by atoms with E-state index >= 15 is 0 Å². The van der Waals surface area contributed by atoms with Gasteiger partial charge in [0, 0.05) is 32.6 Å². The summed E-state index contributed by atoms with van der Waals surface area (Å²) >= 11 is 0. The highest BCUT2D eigenvalue weighted by atomic mass is 16.6. The molecule has 4 rings (SSSR count). The molecular weight excluding hydrogens is 428 g/mol. The summed E-state index contributed by atoms with van der Waals surface area (Å²) in [6.07, 6.45) is 0.554. The van der Waals surface area contributed by atoms with Gasteiger partial charge in [0.25, 0.3) is 5.69 Å². The van der Waals surface area contributed by atoms with Crippen molar-refractivity contribution in [3.8, 4) is 5.75 Å². The molecule has 33 heavy (non-hydrogen) atoms. The minimum absolute atomic E-state index is 0.0444. The molecule has 2 heterocycles. The number of aryl methyl sites for hydroxylation is 1. The maximum atomic E-state index is 12.7. The number of amides is 1. The second-order valence-corrected chi connectivity index (χ2v) is 8.05. The second-order valence-electron chi connectivity index (χ2n) is 8.05. The van der Waals surface area contributed by atoms with Crippen molar-refractivity contribution >= 4 is 28.4 Å². The van der Waals surface area contributed by atoms with Crippen LogP contribution in [0.25, 0.3) is 11.1 Å². The zero-order chi connectivity index (χ0) is 23.5. The molecule has 10 heteroatoms. The molecule has 0 N–H and O–H groups in total. The Morgan fingerprint density at radius 2 is 2.06 bits per heavy atom. The van der Waals surface area contributed by atoms with Gasteiger partial charge in [0.2, 0.25) is 5.91 Å². The summed E-state index contributed by atoms with van der Waals surface area (Å²) in [4.78, 5) is 39.1. The van der Waals surface area contributed by atoms with Gasteiger partial charge in [-0.2, -0.15) is 0 Å². The van der Waals surface area contributed by atoms with Crippen molar-refractivity contribution < 1.29 is 18.9 Å². The number of oxazole rings is 1. The van der Waals surface area contributed by atoms with Gasteiger partial charge in [-0.25, -0.2) is 4.79 Å². The van der Waals surface area contributed by atoms with Crippen LogP contribution in [0, 0.1) is 10.1 Å². The number of nitro benzene ring substituents is 1. The van der Waals surface area contributed by atoms with Gasteiger partial charge in [-0.15, -0.1) is 0 Å². The smallest absolute Gasteiger partial charge is 0.419 e. The number of likely N-dealkylation sites (N-methyl/N-ethyl adjacent to an activating group) is 2. The number of hydrogen-bond acceptors (Lipinski definition) is 7. The van der Waals surface area contributed by atoms with Crippen LogP contribution in [0.1, 0.15) is 19.8 Å². The van der Waals surface area contributed by atoms with Crippen LogP contribution in [0.15, 0.2) is 51.7 Å². The first-order valence-corrected chi connectivity index (χ1v) is 10.9. The number of hydrogen-bond donors (Lipinski definition) is 0. The van der Waals surface area contributed by atoms with Gasteiger partial charge >= 0.3 is 5.76 Å². The van der Waals surface area contributed by atoms with Crippen LogP contribution in [0.3, 0.4) is 0 Å². The predicted octanol–water partition coefficient (Wildman–Crippen LogP) is 3.03. The fourth-order valence-electron chi connectivity index (χ4n) is 4.14. The zero-order valence-corrected chi connectivity index (χ0v) is 18.6. The lowest BCUT2D eigenvalue weighted by molar-refractivity contribution is -0.384. The van der Waals surface area contributed by atoms with Gasteiger partial charge in [0.05, 0.1) is 35.3 Å². The fraction of sp³-hybridized carbons (Fsp3) is 0.391. The van der Waals surface area contributed by atoms with Crippen molar-refractivity contribution in [1.82, 2.24) is 9.47 Å². The Morgan fingerprint density at radius 1 is 1.27 bits per heavy atom. The molecule has 1 atom stereocenters. The van der Waals surface area contributed by atoms with Crippen LogP contribution in [-0.2, 0) is 11.3 Å². The molecule has 2 aromatic carbocycles. The Morgan fingerprint density at radius 3 is 2.82 bits per heavy atom. The monoisotopic (exact) mass is 454 g/mol. The molecule has 10 nitrogen and oxygen atoms in total. The van der Waals surface area contributed by atoms with E-state index in [0.717, 1.165) is 18.0 Å². The van der Waals surface area contributed by atoms with E-state index in [4.69, 9.17) is 9.15 Å². The van der Waals surface area contributed by atoms with Gasteiger partial charge in [-0.3, -0.25) is 19.5 Å². The highest BCUT2D eigenvalue weighted by Gasteiger charge is 2.26. The molecule has 0 unspecified atom stereocenters. The zero-order valence-electron chi connectivity index (χ0n) is 18.6. The van der Waals surface area contributed by atoms with Gasteiger partial charge < -0.3 is 19.0 Å². The first kappa shape index (κ1) is 22.4. The summed E-state index contributed by atoms with van der Waals surface area (Å²) < 4.78 is 12.6. The number of aromatic nitrogens is 1. The third-order valence-corrected chi connectivity index (χ3v) is 5.84. The molecule has 0 aliphatic carbocycles. The van der Waals surface area contributed by atoms with Gasteiger partial charge in [0.15, 0.2) is 5.58 Å². The highest BCUT2D eigenvalue weighted by Crippen LogP contribution is 2.32. The molecule has 1 amide bonds. The molecule has 174 valence electrons. The van der Waals surface area contributed by atoms with E-state index in [1.807, 2.05) is 24.3 Å². The van der Waals surface area contributed by atoms with Gasteiger partial charge in [-0.05, 0) is 31.5 Å². The first-order chi connectivity index (χ1) is 15.9. The van der Waals surface area contributed by atoms with Crippen LogP contribution in [-0.4, -0.2) is 53.1 Å². The SMILES string of the molecule is CCN1C[C@H](CN(C)C(=O)CCCn2c(=O)oc3cc([N+](=O)[O-])ccc32)Oc2ccccc21. The van der Waals surface area contributed by atoms with Crippen molar-refractivity contribution in [3.63, 3.8) is 0 Å². The molecule has 1 aliphatic rings. The lowest BCUT2D eigenvalue weighted by Gasteiger charge is -2.37. The maximum absolute atomic E-state index is 12.7. The summed E-state index contributed by atoms with van der Waals surface area (Å²) in [6, 6.07) is 11.9. The Kier molecular flexibility index (Phi) is 6.34. The third-order valence-electron chi connectivity index (χ3n) is 5.84. The average Bonchev–Trinajstić information content (AvgIpc) is 3.12. The summed E-state index contributed by atoms with van der Waals surface area (Å²) in [5, 5.41) is 10.9. The lowest BCUT2D eigenvalue weighted by Crippen LogP contribution is -2.46. The van der Waals surface area contributed by atoms with Crippen LogP contribution < -0.4 is 15.4 Å². The molecule has 0 spiro atoms. The van der Waals surface area contributed by atoms with Crippen LogP contribution in [0.2, 0.25) is 0 Å². The summed E-state index contributed by atoms with van der Waals surface area (Å²) in [7, 11) is 1.75. The van der Waals surface area contributed by atoms with Crippen molar-refractivity contribution in [1.29, 1.82) is 0 Å². The molecule has 1 aromatic heterocycles. The molecular formula is C23H26N4O6. The minimum atomic E-state index is -0.597. The first-order valence-electron chi connectivity index (χ1n) is 10.9. The van der Waals surface area contributed by atoms with E-state index < -0.39 is 10.7 Å². The maximum Gasteiger partial charge on any atom is 0.419 e. The Labute approximate surface area is 190 Å². The van der Waals surface area contributed by atoms with E-state index in [0.29, 0.717) is 25.0 Å². The standard InChI is InChI=1S/C23H26N4O6/c1-3-25-15-17(32-20-8-5-4-7-18(20)25)14-24(2)22(28)9-6-12-26-19-11-10-16(27(30)31)13-21(19)33-23(26)29/h4-5,7-8,10-11,13,17H,3,6,9,12,14-15H2,1-2H3/t17-/m0/s1. The molecule has 3 aromatic rings. The number of benzene rings is 2. The quantitative estimate of drug-likeness (QED) is 0.380. The molecule has 0 fully saturated rings. The molecule has 0 saturated carbocycles. The molecule has 0 bridgehead atoms. The Balaban J connectivity index is 1.34. The van der Waals surface area contributed by atoms with Crippen molar-refractivity contribution in [2.75, 3.05) is 31.6 Å².